The van der Waals surface area contributed by atoms with Crippen LogP contribution in [0.3, 0.4) is 0 Å². The van der Waals surface area contributed by atoms with Crippen LogP contribution in [0.15, 0.2) is 16.6 Å². The molecule has 1 heterocycles. The maximum Gasteiger partial charge on any atom is 0.127 e. The molecule has 0 spiro atoms. The first-order valence-corrected chi connectivity index (χ1v) is 7.62. The number of rotatable bonds is 5. The highest BCUT2D eigenvalue weighted by molar-refractivity contribution is 9.10. The van der Waals surface area contributed by atoms with Gasteiger partial charge in [0.25, 0.3) is 0 Å². The largest absolute Gasteiger partial charge is 0.493 e. The van der Waals surface area contributed by atoms with E-state index in [-0.39, 0.29) is 0 Å². The van der Waals surface area contributed by atoms with Gasteiger partial charge in [-0.2, -0.15) is 0 Å². The zero-order valence-corrected chi connectivity index (χ0v) is 13.0. The second kappa shape index (κ2) is 6.07. The third-order valence-corrected chi connectivity index (χ3v) is 4.40. The summed E-state index contributed by atoms with van der Waals surface area (Å²) in [6.07, 6.45) is 3.40. The van der Waals surface area contributed by atoms with E-state index in [9.17, 15) is 0 Å². The van der Waals surface area contributed by atoms with E-state index in [1.54, 1.807) is 0 Å². The first-order valence-electron chi connectivity index (χ1n) is 6.83. The summed E-state index contributed by atoms with van der Waals surface area (Å²) in [6.45, 7) is 5.34. The molecule has 2 rings (SSSR count). The highest BCUT2D eigenvalue weighted by Gasteiger charge is 2.26. The molecule has 1 aromatic carbocycles. The molecule has 2 nitrogen and oxygen atoms in total. The van der Waals surface area contributed by atoms with Gasteiger partial charge in [0, 0.05) is 22.5 Å². The van der Waals surface area contributed by atoms with Gasteiger partial charge in [-0.3, -0.25) is 0 Å². The van der Waals surface area contributed by atoms with Crippen LogP contribution in [0.4, 0.5) is 0 Å². The van der Waals surface area contributed by atoms with Crippen LogP contribution in [0.5, 0.6) is 5.75 Å². The number of halogens is 1. The minimum absolute atomic E-state index is 0.379. The third-order valence-electron chi connectivity index (χ3n) is 3.94. The molecule has 0 aliphatic carbocycles. The number of nitrogens with one attached hydrogen (secondary N) is 1. The Kier molecular flexibility index (Phi) is 4.68. The maximum atomic E-state index is 5.85. The van der Waals surface area contributed by atoms with Gasteiger partial charge in [0.1, 0.15) is 5.75 Å². The predicted molar refractivity (Wildman–Crippen MR) is 79.2 cm³/mol. The molecule has 0 saturated carbocycles. The number of fused-ring (bicyclic) bond motifs is 1. The molecule has 1 aliphatic rings. The van der Waals surface area contributed by atoms with Crippen LogP contribution in [0.25, 0.3) is 0 Å². The Hall–Kier alpha value is -0.540. The van der Waals surface area contributed by atoms with Crippen molar-refractivity contribution in [3.8, 4) is 5.75 Å². The van der Waals surface area contributed by atoms with Crippen molar-refractivity contribution in [2.24, 2.45) is 5.92 Å². The zero-order chi connectivity index (χ0) is 13.1. The van der Waals surface area contributed by atoms with E-state index in [2.05, 4.69) is 47.2 Å². The number of hydrogen-bond donors (Lipinski definition) is 1. The molecule has 3 heteroatoms. The molecule has 100 valence electrons. The van der Waals surface area contributed by atoms with Crippen molar-refractivity contribution >= 4 is 15.9 Å². The van der Waals surface area contributed by atoms with Crippen molar-refractivity contribution < 1.29 is 4.74 Å². The molecule has 0 radical (unpaired) electrons. The molecule has 18 heavy (non-hydrogen) atoms. The first-order chi connectivity index (χ1) is 8.71. The average molecular weight is 312 g/mol. The average Bonchev–Trinajstić information content (AvgIpc) is 2.82. The monoisotopic (exact) mass is 311 g/mol. The molecule has 1 aromatic rings. The molecular formula is C15H22BrNO. The number of hydrogen-bond acceptors (Lipinski definition) is 2. The molecule has 0 bridgehead atoms. The molecule has 0 fully saturated rings. The Morgan fingerprint density at radius 2 is 2.06 bits per heavy atom. The summed E-state index contributed by atoms with van der Waals surface area (Å²) in [7, 11) is 2.05. The summed E-state index contributed by atoms with van der Waals surface area (Å²) in [5.41, 5.74) is 2.65. The van der Waals surface area contributed by atoms with Gasteiger partial charge >= 0.3 is 0 Å². The van der Waals surface area contributed by atoms with Crippen molar-refractivity contribution in [2.45, 2.75) is 39.2 Å². The Balaban J connectivity index is 2.42. The lowest BCUT2D eigenvalue weighted by Gasteiger charge is -2.27. The van der Waals surface area contributed by atoms with Crippen LogP contribution in [-0.2, 0) is 6.42 Å². The van der Waals surface area contributed by atoms with Crippen LogP contribution >= 0.6 is 15.9 Å². The van der Waals surface area contributed by atoms with Crippen molar-refractivity contribution in [2.75, 3.05) is 13.7 Å². The second-order valence-electron chi connectivity index (χ2n) is 4.92. The summed E-state index contributed by atoms with van der Waals surface area (Å²) in [5.74, 6) is 1.77. The van der Waals surface area contributed by atoms with Crippen molar-refractivity contribution in [3.05, 3.63) is 27.7 Å². The summed E-state index contributed by atoms with van der Waals surface area (Å²) < 4.78 is 7.01. The van der Waals surface area contributed by atoms with Crippen LogP contribution in [0, 0.1) is 5.92 Å². The second-order valence-corrected chi connectivity index (χ2v) is 5.84. The predicted octanol–water partition coefficient (Wildman–Crippen LogP) is 4.08. The summed E-state index contributed by atoms with van der Waals surface area (Å²) >= 11 is 3.62. The SMILES string of the molecule is CCC(CC)C(NC)c1cc(Br)cc2c1OCC2. The molecule has 1 atom stereocenters. The molecule has 0 saturated heterocycles. The van der Waals surface area contributed by atoms with E-state index in [0.29, 0.717) is 12.0 Å². The Bertz CT molecular complexity index is 415. The lowest BCUT2D eigenvalue weighted by Crippen LogP contribution is -2.25. The van der Waals surface area contributed by atoms with E-state index in [4.69, 9.17) is 4.74 Å². The lowest BCUT2D eigenvalue weighted by atomic mass is 9.87. The number of benzene rings is 1. The van der Waals surface area contributed by atoms with Crippen molar-refractivity contribution in [1.82, 2.24) is 5.32 Å². The Morgan fingerprint density at radius 1 is 1.33 bits per heavy atom. The van der Waals surface area contributed by atoms with E-state index >= 15 is 0 Å². The van der Waals surface area contributed by atoms with Crippen molar-refractivity contribution in [1.29, 1.82) is 0 Å². The van der Waals surface area contributed by atoms with Crippen LogP contribution in [-0.4, -0.2) is 13.7 Å². The van der Waals surface area contributed by atoms with Gasteiger partial charge in [0.05, 0.1) is 6.61 Å². The third kappa shape index (κ3) is 2.57. The molecule has 1 N–H and O–H groups in total. The lowest BCUT2D eigenvalue weighted by molar-refractivity contribution is 0.323. The molecule has 1 unspecified atom stereocenters. The van der Waals surface area contributed by atoms with Gasteiger partial charge in [-0.25, -0.2) is 0 Å². The van der Waals surface area contributed by atoms with Gasteiger partial charge in [0.2, 0.25) is 0 Å². The van der Waals surface area contributed by atoms with E-state index in [1.165, 1.54) is 24.0 Å². The van der Waals surface area contributed by atoms with E-state index in [0.717, 1.165) is 23.2 Å². The Labute approximate surface area is 118 Å². The normalized spacial score (nSPS) is 15.6. The molecule has 0 aromatic heterocycles. The highest BCUT2D eigenvalue weighted by Crippen LogP contribution is 2.40. The smallest absolute Gasteiger partial charge is 0.127 e. The van der Waals surface area contributed by atoms with Crippen molar-refractivity contribution in [3.63, 3.8) is 0 Å². The maximum absolute atomic E-state index is 5.85. The van der Waals surface area contributed by atoms with Crippen LogP contribution in [0.1, 0.15) is 43.9 Å². The van der Waals surface area contributed by atoms with Gasteiger partial charge in [-0.05, 0) is 30.7 Å². The quantitative estimate of drug-likeness (QED) is 0.884. The van der Waals surface area contributed by atoms with Gasteiger partial charge in [-0.15, -0.1) is 0 Å². The molecule has 0 amide bonds. The van der Waals surface area contributed by atoms with Crippen LogP contribution in [0.2, 0.25) is 0 Å². The summed E-state index contributed by atoms with van der Waals surface area (Å²) in [5, 5.41) is 3.48. The summed E-state index contributed by atoms with van der Waals surface area (Å²) in [4.78, 5) is 0. The van der Waals surface area contributed by atoms with E-state index in [1.807, 2.05) is 7.05 Å². The van der Waals surface area contributed by atoms with Gasteiger partial charge < -0.3 is 10.1 Å². The minimum Gasteiger partial charge on any atom is -0.493 e. The topological polar surface area (TPSA) is 21.3 Å². The van der Waals surface area contributed by atoms with Crippen LogP contribution < -0.4 is 10.1 Å². The minimum atomic E-state index is 0.379. The first kappa shape index (κ1) is 13.9. The fraction of sp³-hybridized carbons (Fsp3) is 0.600. The number of ether oxygens (including phenoxy) is 1. The zero-order valence-electron chi connectivity index (χ0n) is 11.4. The molecule has 1 aliphatic heterocycles. The summed E-state index contributed by atoms with van der Waals surface area (Å²) in [6, 6.07) is 4.78. The molecular weight excluding hydrogens is 290 g/mol. The fourth-order valence-electron chi connectivity index (χ4n) is 2.93. The standard InChI is InChI=1S/C15H22BrNO/c1-4-10(5-2)14(17-3)13-9-12(16)8-11-6-7-18-15(11)13/h8-10,14,17H,4-7H2,1-3H3. The highest BCUT2D eigenvalue weighted by atomic mass is 79.9. The Morgan fingerprint density at radius 3 is 2.67 bits per heavy atom. The van der Waals surface area contributed by atoms with Gasteiger partial charge in [-0.1, -0.05) is 42.6 Å². The van der Waals surface area contributed by atoms with E-state index < -0.39 is 0 Å². The van der Waals surface area contributed by atoms with Gasteiger partial charge in [0.15, 0.2) is 0 Å². The fourth-order valence-corrected chi connectivity index (χ4v) is 3.46.